The molecule has 39 heavy (non-hydrogen) atoms. The molecular weight excluding hydrogens is 516 g/mol. The molecule has 0 aliphatic carbocycles. The number of benzene rings is 1. The molecule has 204 valence electrons. The number of carboxylic acids is 1. The molecule has 0 unspecified atom stereocenters. The van der Waals surface area contributed by atoms with E-state index in [-0.39, 0.29) is 29.7 Å². The highest BCUT2D eigenvalue weighted by molar-refractivity contribution is 6.76. The fourth-order valence-corrected chi connectivity index (χ4v) is 4.92. The molecule has 11 nitrogen and oxygen atoms in total. The molecule has 4 rings (SSSR count). The molecule has 1 aliphatic heterocycles. The standard InChI is InChI=1S/C27H32N6O5Si/c1-17(26(35)32-13-18(11-28)14-32)30-25(34)21-15-33(16-38-8-9-39(2,3)4)24-23(21)31-22(12-29-24)19-6-5-7-20(10-19)27(36)37/h5-7,10,12,15,17-18H,8-9,13-14,16H2,1-4H3,(H,30,34)(H,36,37)/t17-/m1/s1. The monoisotopic (exact) mass is 548 g/mol. The van der Waals surface area contributed by atoms with Gasteiger partial charge in [0.25, 0.3) is 5.91 Å². The zero-order valence-corrected chi connectivity index (χ0v) is 23.5. The third-order valence-corrected chi connectivity index (χ3v) is 8.24. The topological polar surface area (TPSA) is 150 Å². The maximum Gasteiger partial charge on any atom is 0.335 e. The maximum absolute atomic E-state index is 13.4. The van der Waals surface area contributed by atoms with Gasteiger partial charge in [0.05, 0.1) is 35.0 Å². The SMILES string of the molecule is C[C@@H](NC(=O)c1cn(COCC[Si](C)(C)C)c2ncc(-c3cccc(C(=O)O)c3)nc12)C(=O)N1CC(C#N)C1. The highest BCUT2D eigenvalue weighted by atomic mass is 28.3. The molecule has 12 heteroatoms. The Hall–Kier alpha value is -4.08. The summed E-state index contributed by atoms with van der Waals surface area (Å²) in [5, 5.41) is 21.1. The molecule has 3 aromatic rings. The van der Waals surface area contributed by atoms with Crippen molar-refractivity contribution in [3.63, 3.8) is 0 Å². The molecule has 2 aromatic heterocycles. The minimum Gasteiger partial charge on any atom is -0.478 e. The van der Waals surface area contributed by atoms with Gasteiger partial charge in [-0.05, 0) is 25.1 Å². The zero-order valence-electron chi connectivity index (χ0n) is 22.5. The smallest absolute Gasteiger partial charge is 0.335 e. The largest absolute Gasteiger partial charge is 0.478 e. The van der Waals surface area contributed by atoms with E-state index in [4.69, 9.17) is 10.00 Å². The van der Waals surface area contributed by atoms with E-state index in [1.54, 1.807) is 34.7 Å². The number of carbonyl (C=O) groups excluding carboxylic acids is 2. The number of hydrogen-bond acceptors (Lipinski definition) is 7. The second kappa shape index (κ2) is 11.3. The quantitative estimate of drug-likeness (QED) is 0.290. The molecule has 1 aliphatic rings. The summed E-state index contributed by atoms with van der Waals surface area (Å²) < 4.78 is 7.60. The van der Waals surface area contributed by atoms with Crippen LogP contribution in [-0.4, -0.2) is 76.1 Å². The fraction of sp³-hybridized carbons (Fsp3) is 0.407. The number of fused-ring (bicyclic) bond motifs is 1. The van der Waals surface area contributed by atoms with E-state index < -0.39 is 26.0 Å². The predicted molar refractivity (Wildman–Crippen MR) is 147 cm³/mol. The molecule has 1 fully saturated rings. The van der Waals surface area contributed by atoms with Crippen molar-refractivity contribution >= 4 is 37.0 Å². The van der Waals surface area contributed by atoms with Crippen molar-refractivity contribution in [2.24, 2.45) is 5.92 Å². The number of likely N-dealkylation sites (tertiary alicyclic amines) is 1. The first-order chi connectivity index (χ1) is 18.5. The van der Waals surface area contributed by atoms with Crippen molar-refractivity contribution < 1.29 is 24.2 Å². The predicted octanol–water partition coefficient (Wildman–Crippen LogP) is 3.21. The summed E-state index contributed by atoms with van der Waals surface area (Å²) >= 11 is 0. The Kier molecular flexibility index (Phi) is 8.13. The van der Waals surface area contributed by atoms with Crippen LogP contribution in [-0.2, 0) is 16.3 Å². The van der Waals surface area contributed by atoms with Crippen molar-refractivity contribution in [3.05, 3.63) is 47.8 Å². The third-order valence-electron chi connectivity index (χ3n) is 6.54. The van der Waals surface area contributed by atoms with Gasteiger partial charge in [-0.3, -0.25) is 9.59 Å². The average Bonchev–Trinajstić information content (AvgIpc) is 3.23. The van der Waals surface area contributed by atoms with Gasteiger partial charge < -0.3 is 24.6 Å². The van der Waals surface area contributed by atoms with Crippen LogP contribution in [0.25, 0.3) is 22.4 Å². The van der Waals surface area contributed by atoms with Gasteiger partial charge in [-0.2, -0.15) is 5.26 Å². The Morgan fingerprint density at radius 1 is 1.28 bits per heavy atom. The van der Waals surface area contributed by atoms with Crippen molar-refractivity contribution in [2.75, 3.05) is 19.7 Å². The number of nitriles is 1. The summed E-state index contributed by atoms with van der Waals surface area (Å²) in [7, 11) is -1.29. The van der Waals surface area contributed by atoms with Crippen LogP contribution in [0.1, 0.15) is 27.6 Å². The number of nitrogens with zero attached hydrogens (tertiary/aromatic N) is 5. The Morgan fingerprint density at radius 3 is 2.69 bits per heavy atom. The average molecular weight is 549 g/mol. The van der Waals surface area contributed by atoms with Gasteiger partial charge in [0, 0.05) is 39.5 Å². The second-order valence-electron chi connectivity index (χ2n) is 10.9. The lowest BCUT2D eigenvalue weighted by Gasteiger charge is -2.37. The first-order valence-corrected chi connectivity index (χ1v) is 16.4. The van der Waals surface area contributed by atoms with E-state index >= 15 is 0 Å². The molecular formula is C27H32N6O5Si. The Morgan fingerprint density at radius 2 is 2.03 bits per heavy atom. The van der Waals surface area contributed by atoms with Crippen LogP contribution in [0.15, 0.2) is 36.7 Å². The van der Waals surface area contributed by atoms with Gasteiger partial charge in [-0.1, -0.05) is 31.8 Å². The molecule has 0 spiro atoms. The molecule has 2 N–H and O–H groups in total. The Balaban J connectivity index is 1.62. The minimum absolute atomic E-state index is 0.109. The molecule has 1 aromatic carbocycles. The van der Waals surface area contributed by atoms with E-state index in [9.17, 15) is 19.5 Å². The van der Waals surface area contributed by atoms with Crippen LogP contribution in [0.4, 0.5) is 0 Å². The first-order valence-electron chi connectivity index (χ1n) is 12.7. The van der Waals surface area contributed by atoms with Crippen LogP contribution in [0.5, 0.6) is 0 Å². The highest BCUT2D eigenvalue weighted by Crippen LogP contribution is 2.24. The van der Waals surface area contributed by atoms with Gasteiger partial charge in [0.2, 0.25) is 5.91 Å². The van der Waals surface area contributed by atoms with Crippen LogP contribution < -0.4 is 5.32 Å². The van der Waals surface area contributed by atoms with Crippen molar-refractivity contribution in [2.45, 2.75) is 45.4 Å². The summed E-state index contributed by atoms with van der Waals surface area (Å²) in [5.41, 5.74) is 2.03. The van der Waals surface area contributed by atoms with Gasteiger partial charge in [-0.25, -0.2) is 14.8 Å². The summed E-state index contributed by atoms with van der Waals surface area (Å²) in [5.74, 6) is -1.99. The number of amides is 2. The Bertz CT molecular complexity index is 1450. The van der Waals surface area contributed by atoms with Crippen molar-refractivity contribution in [1.29, 1.82) is 5.26 Å². The second-order valence-corrected chi connectivity index (χ2v) is 16.6. The summed E-state index contributed by atoms with van der Waals surface area (Å²) in [4.78, 5) is 48.3. The van der Waals surface area contributed by atoms with Gasteiger partial charge in [0.1, 0.15) is 18.3 Å². The number of aromatic nitrogens is 3. The fourth-order valence-electron chi connectivity index (χ4n) is 4.16. The number of ether oxygens (including phenoxy) is 1. The van der Waals surface area contributed by atoms with Crippen LogP contribution in [0.3, 0.4) is 0 Å². The number of hydrogen-bond donors (Lipinski definition) is 2. The lowest BCUT2D eigenvalue weighted by atomic mass is 10.0. The summed E-state index contributed by atoms with van der Waals surface area (Å²) in [6.45, 7) is 9.86. The van der Waals surface area contributed by atoms with Gasteiger partial charge in [0.15, 0.2) is 5.65 Å². The van der Waals surface area contributed by atoms with Crippen LogP contribution in [0.2, 0.25) is 25.7 Å². The molecule has 3 heterocycles. The normalized spacial score (nSPS) is 14.5. The number of nitrogens with one attached hydrogen (secondary N) is 1. The first kappa shape index (κ1) is 27.9. The number of carboxylic acid groups (broad SMARTS) is 1. The van der Waals surface area contributed by atoms with Gasteiger partial charge in [-0.15, -0.1) is 0 Å². The van der Waals surface area contributed by atoms with E-state index in [2.05, 4.69) is 41.0 Å². The molecule has 2 amide bonds. The molecule has 0 radical (unpaired) electrons. The highest BCUT2D eigenvalue weighted by Gasteiger charge is 2.34. The van der Waals surface area contributed by atoms with Crippen molar-refractivity contribution in [3.8, 4) is 17.3 Å². The Labute approximate surface area is 227 Å². The van der Waals surface area contributed by atoms with Crippen molar-refractivity contribution in [1.82, 2.24) is 24.8 Å². The number of carbonyl (C=O) groups is 3. The van der Waals surface area contributed by atoms with E-state index in [0.717, 1.165) is 6.04 Å². The van der Waals surface area contributed by atoms with E-state index in [1.807, 2.05) is 0 Å². The van der Waals surface area contributed by atoms with Crippen LogP contribution in [0, 0.1) is 17.2 Å². The van der Waals surface area contributed by atoms with E-state index in [1.165, 1.54) is 18.3 Å². The lowest BCUT2D eigenvalue weighted by molar-refractivity contribution is -0.137. The minimum atomic E-state index is -1.29. The molecule has 0 saturated carbocycles. The summed E-state index contributed by atoms with van der Waals surface area (Å²) in [6, 6.07) is 8.64. The molecule has 0 bridgehead atoms. The molecule has 1 saturated heterocycles. The van der Waals surface area contributed by atoms with E-state index in [0.29, 0.717) is 42.1 Å². The summed E-state index contributed by atoms with van der Waals surface area (Å²) in [6.07, 6.45) is 3.14. The number of rotatable bonds is 10. The lowest BCUT2D eigenvalue weighted by Crippen LogP contribution is -2.55. The van der Waals surface area contributed by atoms with Crippen LogP contribution >= 0.6 is 0 Å². The maximum atomic E-state index is 13.4. The third kappa shape index (κ3) is 6.50. The van der Waals surface area contributed by atoms with Gasteiger partial charge >= 0.3 is 5.97 Å². The molecule has 1 atom stereocenters. The zero-order chi connectivity index (χ0) is 28.3. The number of aromatic carboxylic acids is 1.